The highest BCUT2D eigenvalue weighted by atomic mass is 35.5. The molecule has 2 rings (SSSR count). The molecule has 7 nitrogen and oxygen atoms in total. The number of rotatable bonds is 6. The molecule has 3 N–H and O–H groups in total. The lowest BCUT2D eigenvalue weighted by Crippen LogP contribution is -2.51. The molecule has 1 saturated heterocycles. The quantitative estimate of drug-likeness (QED) is 0.593. The van der Waals surface area contributed by atoms with E-state index in [0.29, 0.717) is 25.3 Å². The highest BCUT2D eigenvalue weighted by Gasteiger charge is 2.53. The van der Waals surface area contributed by atoms with E-state index in [1.807, 2.05) is 13.8 Å². The van der Waals surface area contributed by atoms with Gasteiger partial charge in [0.2, 0.25) is 5.91 Å². The molecular weight excluding hydrogens is 368 g/mol. The topological polar surface area (TPSA) is 90.5 Å². The van der Waals surface area contributed by atoms with Gasteiger partial charge < -0.3 is 16.0 Å². The fraction of sp³-hybridized carbons (Fsp3) is 0.842. The lowest BCUT2D eigenvalue weighted by atomic mass is 9.67. The monoisotopic (exact) mass is 402 g/mol. The summed E-state index contributed by atoms with van der Waals surface area (Å²) in [6.45, 7) is 11.7. The van der Waals surface area contributed by atoms with Crippen molar-refractivity contribution < 1.29 is 14.4 Å². The number of urea groups is 1. The zero-order chi connectivity index (χ0) is 19.5. The molecule has 1 spiro atoms. The van der Waals surface area contributed by atoms with E-state index >= 15 is 0 Å². The third-order valence-corrected chi connectivity index (χ3v) is 5.77. The summed E-state index contributed by atoms with van der Waals surface area (Å²) in [5.41, 5.74) is -0.605. The number of carbonyl (C=O) groups is 3. The zero-order valence-electron chi connectivity index (χ0n) is 17.2. The lowest BCUT2D eigenvalue weighted by molar-refractivity contribution is -0.136. The van der Waals surface area contributed by atoms with E-state index < -0.39 is 11.6 Å². The maximum atomic E-state index is 12.9. The van der Waals surface area contributed by atoms with Crippen molar-refractivity contribution in [2.75, 3.05) is 19.6 Å². The number of imide groups is 1. The Hall–Kier alpha value is -1.34. The number of amides is 4. The molecular formula is C19H35ClN4O3. The molecule has 1 atom stereocenters. The molecule has 2 aliphatic rings. The number of nitrogens with one attached hydrogen (secondary N) is 3. The second-order valence-corrected chi connectivity index (χ2v) is 8.81. The van der Waals surface area contributed by atoms with Gasteiger partial charge in [0.25, 0.3) is 5.91 Å². The first-order valence-electron chi connectivity index (χ1n) is 9.73. The number of nitrogens with zero attached hydrogens (tertiary/aromatic N) is 1. The van der Waals surface area contributed by atoms with Crippen LogP contribution in [0.15, 0.2) is 0 Å². The minimum Gasteiger partial charge on any atom is -0.353 e. The zero-order valence-corrected chi connectivity index (χ0v) is 18.0. The van der Waals surface area contributed by atoms with Gasteiger partial charge in [-0.25, -0.2) is 4.79 Å². The van der Waals surface area contributed by atoms with E-state index in [-0.39, 0.29) is 42.2 Å². The van der Waals surface area contributed by atoms with Gasteiger partial charge in [-0.2, -0.15) is 0 Å². The predicted octanol–water partition coefficient (Wildman–Crippen LogP) is 2.05. The van der Waals surface area contributed by atoms with E-state index in [4.69, 9.17) is 0 Å². The van der Waals surface area contributed by atoms with Crippen LogP contribution in [0.3, 0.4) is 0 Å². The van der Waals surface area contributed by atoms with Gasteiger partial charge in [0.1, 0.15) is 12.1 Å². The number of likely N-dealkylation sites (N-methyl/N-ethyl adjacent to an activating group) is 1. The van der Waals surface area contributed by atoms with E-state index in [9.17, 15) is 14.4 Å². The summed E-state index contributed by atoms with van der Waals surface area (Å²) in [5.74, 6) is -0.00819. The first-order chi connectivity index (χ1) is 12.1. The Kier molecular flexibility index (Phi) is 8.11. The van der Waals surface area contributed by atoms with Crippen molar-refractivity contribution in [1.82, 2.24) is 20.9 Å². The minimum absolute atomic E-state index is 0. The fourth-order valence-electron chi connectivity index (χ4n) is 4.02. The van der Waals surface area contributed by atoms with Crippen LogP contribution in [0, 0.1) is 11.3 Å². The van der Waals surface area contributed by atoms with Crippen molar-refractivity contribution in [3.8, 4) is 0 Å². The van der Waals surface area contributed by atoms with Crippen molar-refractivity contribution in [2.45, 2.75) is 71.9 Å². The van der Waals surface area contributed by atoms with Gasteiger partial charge in [-0.05, 0) is 50.5 Å². The third kappa shape index (κ3) is 5.57. The van der Waals surface area contributed by atoms with Gasteiger partial charge in [-0.15, -0.1) is 12.4 Å². The summed E-state index contributed by atoms with van der Waals surface area (Å²) in [6, 6.07) is -0.301. The van der Waals surface area contributed by atoms with Gasteiger partial charge in [0.05, 0.1) is 0 Å². The van der Waals surface area contributed by atoms with Gasteiger partial charge in [-0.3, -0.25) is 14.5 Å². The van der Waals surface area contributed by atoms with Crippen molar-refractivity contribution in [2.24, 2.45) is 11.3 Å². The van der Waals surface area contributed by atoms with E-state index in [2.05, 4.69) is 36.7 Å². The Balaban J connectivity index is 0.00000364. The van der Waals surface area contributed by atoms with Crippen molar-refractivity contribution >= 4 is 30.3 Å². The van der Waals surface area contributed by atoms with E-state index in [1.54, 1.807) is 0 Å². The third-order valence-electron chi connectivity index (χ3n) is 5.77. The summed E-state index contributed by atoms with van der Waals surface area (Å²) in [4.78, 5) is 38.4. The van der Waals surface area contributed by atoms with Crippen LogP contribution in [-0.4, -0.2) is 54.0 Å². The molecule has 2 fully saturated rings. The second-order valence-electron chi connectivity index (χ2n) is 8.81. The van der Waals surface area contributed by atoms with Crippen LogP contribution < -0.4 is 16.0 Å². The number of halogens is 1. The van der Waals surface area contributed by atoms with Gasteiger partial charge in [0.15, 0.2) is 0 Å². The van der Waals surface area contributed by atoms with Crippen LogP contribution in [0.2, 0.25) is 0 Å². The highest BCUT2D eigenvalue weighted by molar-refractivity contribution is 6.09. The Morgan fingerprint density at radius 1 is 1.30 bits per heavy atom. The standard InChI is InChI=1S/C19H34N4O3.ClH/c1-6-20-13(2)11-21-15(24)12-23-16(25)19(22-17(23)26)9-7-14(8-10-19)18(3,4)5;/h13-14,20H,6-12H2,1-5H3,(H,21,24)(H,22,26);1H/t13-,14?,19?;/m1./s1. The molecule has 0 aromatic rings. The molecule has 0 unspecified atom stereocenters. The SMILES string of the molecule is CCN[C@H](C)CNC(=O)CN1C(=O)NC2(CCC(C(C)(C)C)CC2)C1=O.Cl. The summed E-state index contributed by atoms with van der Waals surface area (Å²) < 4.78 is 0. The molecule has 0 aromatic heterocycles. The molecule has 8 heteroatoms. The maximum absolute atomic E-state index is 12.9. The minimum atomic E-state index is -0.809. The van der Waals surface area contributed by atoms with E-state index in [1.165, 1.54) is 0 Å². The Morgan fingerprint density at radius 2 is 1.89 bits per heavy atom. The molecule has 0 aromatic carbocycles. The van der Waals surface area contributed by atoms with Crippen LogP contribution in [0.4, 0.5) is 4.79 Å². The fourth-order valence-corrected chi connectivity index (χ4v) is 4.02. The highest BCUT2D eigenvalue weighted by Crippen LogP contribution is 2.43. The first-order valence-corrected chi connectivity index (χ1v) is 9.73. The molecule has 4 amide bonds. The van der Waals surface area contributed by atoms with Crippen LogP contribution in [0.1, 0.15) is 60.3 Å². The van der Waals surface area contributed by atoms with E-state index in [0.717, 1.165) is 24.3 Å². The lowest BCUT2D eigenvalue weighted by Gasteiger charge is -2.40. The van der Waals surface area contributed by atoms with Gasteiger partial charge in [-0.1, -0.05) is 27.7 Å². The predicted molar refractivity (Wildman–Crippen MR) is 108 cm³/mol. The molecule has 0 radical (unpaired) electrons. The summed E-state index contributed by atoms with van der Waals surface area (Å²) in [6.07, 6.45) is 3.12. The van der Waals surface area contributed by atoms with Gasteiger partial charge in [0, 0.05) is 12.6 Å². The number of hydrogen-bond acceptors (Lipinski definition) is 4. The largest absolute Gasteiger partial charge is 0.353 e. The molecule has 156 valence electrons. The van der Waals surface area contributed by atoms with Crippen molar-refractivity contribution in [3.05, 3.63) is 0 Å². The van der Waals surface area contributed by atoms with Crippen molar-refractivity contribution in [1.29, 1.82) is 0 Å². The summed E-state index contributed by atoms with van der Waals surface area (Å²) in [5, 5.41) is 8.86. The molecule has 1 saturated carbocycles. The van der Waals surface area contributed by atoms with Crippen LogP contribution in [0.5, 0.6) is 0 Å². The Bertz CT molecular complexity index is 554. The molecule has 27 heavy (non-hydrogen) atoms. The summed E-state index contributed by atoms with van der Waals surface area (Å²) in [7, 11) is 0. The number of hydrogen-bond donors (Lipinski definition) is 3. The van der Waals surface area contributed by atoms with Crippen LogP contribution >= 0.6 is 12.4 Å². The molecule has 0 bridgehead atoms. The van der Waals surface area contributed by atoms with Crippen LogP contribution in [-0.2, 0) is 9.59 Å². The molecule has 1 aliphatic heterocycles. The average molecular weight is 403 g/mol. The van der Waals surface area contributed by atoms with Gasteiger partial charge >= 0.3 is 6.03 Å². The Labute approximate surface area is 168 Å². The summed E-state index contributed by atoms with van der Waals surface area (Å²) >= 11 is 0. The average Bonchev–Trinajstić information content (AvgIpc) is 2.77. The first kappa shape index (κ1) is 23.7. The number of carbonyl (C=O) groups excluding carboxylic acids is 3. The maximum Gasteiger partial charge on any atom is 0.325 e. The van der Waals surface area contributed by atoms with Crippen molar-refractivity contribution in [3.63, 3.8) is 0 Å². The molecule has 1 aliphatic carbocycles. The Morgan fingerprint density at radius 3 is 2.41 bits per heavy atom. The van der Waals surface area contributed by atoms with Crippen LogP contribution in [0.25, 0.3) is 0 Å². The normalized spacial score (nSPS) is 26.6. The smallest absolute Gasteiger partial charge is 0.325 e. The second kappa shape index (κ2) is 9.24. The molecule has 1 heterocycles.